The summed E-state index contributed by atoms with van der Waals surface area (Å²) in [4.78, 5) is 2.09. The molecule has 0 heterocycles. The van der Waals surface area contributed by atoms with Gasteiger partial charge in [-0.2, -0.15) is 0 Å². The quantitative estimate of drug-likeness (QED) is 0.661. The zero-order valence-electron chi connectivity index (χ0n) is 15.3. The Kier molecular flexibility index (Phi) is 6.90. The Morgan fingerprint density at radius 1 is 0.760 bits per heavy atom. The molecule has 0 amide bonds. The number of allylic oxidation sites excluding steroid dienone is 4. The van der Waals surface area contributed by atoms with Crippen LogP contribution >= 0.6 is 0 Å². The highest BCUT2D eigenvalue weighted by Crippen LogP contribution is 2.25. The average molecular weight is 335 g/mol. The standard InChI is InChI=1S/C22H25NO2/c1-23(2)20-13-11-18(12-14-20)9-7-5-6-8-10-19-17-21(24-3)15-16-22(19)25-4/h5-17H,1-4H3. The summed E-state index contributed by atoms with van der Waals surface area (Å²) in [5.74, 6) is 1.63. The van der Waals surface area contributed by atoms with Crippen molar-refractivity contribution in [3.8, 4) is 11.5 Å². The number of rotatable bonds is 7. The molecule has 130 valence electrons. The lowest BCUT2D eigenvalue weighted by Crippen LogP contribution is -2.07. The van der Waals surface area contributed by atoms with Crippen LogP contribution in [0.5, 0.6) is 11.5 Å². The molecule has 0 bridgehead atoms. The minimum atomic E-state index is 0.811. The SMILES string of the molecule is COc1ccc(OC)c(C=CC=CC=Cc2ccc(N(C)C)cc2)c1. The van der Waals surface area contributed by atoms with E-state index in [-0.39, 0.29) is 0 Å². The van der Waals surface area contributed by atoms with Crippen LogP contribution in [0.15, 0.2) is 66.8 Å². The lowest BCUT2D eigenvalue weighted by Gasteiger charge is -2.11. The maximum Gasteiger partial charge on any atom is 0.126 e. The summed E-state index contributed by atoms with van der Waals surface area (Å²) in [6, 6.07) is 14.2. The van der Waals surface area contributed by atoms with Gasteiger partial charge in [-0.3, -0.25) is 0 Å². The zero-order valence-corrected chi connectivity index (χ0v) is 15.3. The van der Waals surface area contributed by atoms with E-state index in [2.05, 4.69) is 35.2 Å². The molecule has 25 heavy (non-hydrogen) atoms. The summed E-state index contributed by atoms with van der Waals surface area (Å²) in [6.07, 6.45) is 12.1. The van der Waals surface area contributed by atoms with E-state index in [9.17, 15) is 0 Å². The smallest absolute Gasteiger partial charge is 0.126 e. The molecule has 0 unspecified atom stereocenters. The topological polar surface area (TPSA) is 21.7 Å². The van der Waals surface area contributed by atoms with Crippen LogP contribution in [0.2, 0.25) is 0 Å². The number of methoxy groups -OCH3 is 2. The molecule has 3 nitrogen and oxygen atoms in total. The Bertz CT molecular complexity index is 756. The minimum absolute atomic E-state index is 0.811. The first kappa shape index (κ1) is 18.4. The fraction of sp³-hybridized carbons (Fsp3) is 0.182. The second-order valence-corrected chi connectivity index (χ2v) is 5.70. The normalized spacial score (nSPS) is 11.5. The van der Waals surface area contributed by atoms with Crippen LogP contribution in [-0.4, -0.2) is 28.3 Å². The van der Waals surface area contributed by atoms with E-state index in [1.165, 1.54) is 11.3 Å². The second kappa shape index (κ2) is 9.38. The molecule has 2 aromatic carbocycles. The molecule has 0 atom stereocenters. The molecule has 0 radical (unpaired) electrons. The van der Waals surface area contributed by atoms with Crippen molar-refractivity contribution >= 4 is 17.8 Å². The summed E-state index contributed by atoms with van der Waals surface area (Å²) in [7, 11) is 7.40. The number of ether oxygens (including phenoxy) is 2. The van der Waals surface area contributed by atoms with Crippen LogP contribution in [0.1, 0.15) is 11.1 Å². The van der Waals surface area contributed by atoms with Crippen molar-refractivity contribution in [2.24, 2.45) is 0 Å². The van der Waals surface area contributed by atoms with Crippen LogP contribution in [0.3, 0.4) is 0 Å². The van der Waals surface area contributed by atoms with Gasteiger partial charge in [-0.15, -0.1) is 0 Å². The molecule has 0 aliphatic carbocycles. The molecule has 0 saturated heterocycles. The largest absolute Gasteiger partial charge is 0.497 e. The van der Waals surface area contributed by atoms with Crippen molar-refractivity contribution in [3.63, 3.8) is 0 Å². The summed E-state index contributed by atoms with van der Waals surface area (Å²) in [6.45, 7) is 0. The molecule has 3 heteroatoms. The molecule has 0 spiro atoms. The first-order valence-electron chi connectivity index (χ1n) is 8.15. The fourth-order valence-corrected chi connectivity index (χ4v) is 2.31. The molecule has 0 fully saturated rings. The molecule has 2 aromatic rings. The van der Waals surface area contributed by atoms with E-state index >= 15 is 0 Å². The van der Waals surface area contributed by atoms with Gasteiger partial charge in [0.25, 0.3) is 0 Å². The maximum atomic E-state index is 5.36. The van der Waals surface area contributed by atoms with Gasteiger partial charge >= 0.3 is 0 Å². The van der Waals surface area contributed by atoms with Crippen molar-refractivity contribution < 1.29 is 9.47 Å². The average Bonchev–Trinajstić information content (AvgIpc) is 2.64. The Labute approximate surface area is 150 Å². The number of hydrogen-bond donors (Lipinski definition) is 0. The zero-order chi connectivity index (χ0) is 18.1. The van der Waals surface area contributed by atoms with Gasteiger partial charge in [-0.25, -0.2) is 0 Å². The van der Waals surface area contributed by atoms with Gasteiger partial charge in [-0.05, 0) is 35.9 Å². The van der Waals surface area contributed by atoms with Gasteiger partial charge in [0, 0.05) is 25.3 Å². The maximum absolute atomic E-state index is 5.36. The van der Waals surface area contributed by atoms with Crippen LogP contribution in [0.4, 0.5) is 5.69 Å². The summed E-state index contributed by atoms with van der Waals surface area (Å²) < 4.78 is 10.6. The van der Waals surface area contributed by atoms with Crippen molar-refractivity contribution in [2.75, 3.05) is 33.2 Å². The van der Waals surface area contributed by atoms with Gasteiger partial charge in [0.2, 0.25) is 0 Å². The Balaban J connectivity index is 1.97. The lowest BCUT2D eigenvalue weighted by molar-refractivity contribution is 0.402. The van der Waals surface area contributed by atoms with Gasteiger partial charge < -0.3 is 14.4 Å². The molecule has 0 saturated carbocycles. The van der Waals surface area contributed by atoms with Crippen molar-refractivity contribution in [3.05, 3.63) is 77.9 Å². The third-order valence-electron chi connectivity index (χ3n) is 3.74. The molecular formula is C22H25NO2. The summed E-state index contributed by atoms with van der Waals surface area (Å²) in [5.41, 5.74) is 3.35. The Morgan fingerprint density at radius 2 is 1.44 bits per heavy atom. The van der Waals surface area contributed by atoms with E-state index in [4.69, 9.17) is 9.47 Å². The van der Waals surface area contributed by atoms with Gasteiger partial charge in [0.15, 0.2) is 0 Å². The minimum Gasteiger partial charge on any atom is -0.497 e. The highest BCUT2D eigenvalue weighted by molar-refractivity contribution is 5.61. The molecule has 0 aliphatic heterocycles. The summed E-state index contributed by atoms with van der Waals surface area (Å²) >= 11 is 0. The molecular weight excluding hydrogens is 310 g/mol. The third-order valence-corrected chi connectivity index (χ3v) is 3.74. The van der Waals surface area contributed by atoms with Crippen molar-refractivity contribution in [2.45, 2.75) is 0 Å². The highest BCUT2D eigenvalue weighted by Gasteiger charge is 2.00. The second-order valence-electron chi connectivity index (χ2n) is 5.70. The van der Waals surface area contributed by atoms with E-state index in [0.717, 1.165) is 17.1 Å². The Hall–Kier alpha value is -2.94. The van der Waals surface area contributed by atoms with Crippen LogP contribution < -0.4 is 14.4 Å². The van der Waals surface area contributed by atoms with Crippen LogP contribution in [-0.2, 0) is 0 Å². The monoisotopic (exact) mass is 335 g/mol. The van der Waals surface area contributed by atoms with E-state index < -0.39 is 0 Å². The van der Waals surface area contributed by atoms with Gasteiger partial charge in [0.1, 0.15) is 11.5 Å². The van der Waals surface area contributed by atoms with Gasteiger partial charge in [-0.1, -0.05) is 48.6 Å². The predicted molar refractivity (Wildman–Crippen MR) is 108 cm³/mol. The number of nitrogens with zero attached hydrogens (tertiary/aromatic N) is 1. The third kappa shape index (κ3) is 5.57. The first-order valence-corrected chi connectivity index (χ1v) is 8.15. The molecule has 2 rings (SSSR count). The highest BCUT2D eigenvalue weighted by atomic mass is 16.5. The Morgan fingerprint density at radius 3 is 2.04 bits per heavy atom. The van der Waals surface area contributed by atoms with Crippen molar-refractivity contribution in [1.29, 1.82) is 0 Å². The number of anilines is 1. The summed E-state index contributed by atoms with van der Waals surface area (Å²) in [5, 5.41) is 0. The first-order chi connectivity index (χ1) is 12.1. The molecule has 0 N–H and O–H groups in total. The van der Waals surface area contributed by atoms with Crippen molar-refractivity contribution in [1.82, 2.24) is 0 Å². The number of hydrogen-bond acceptors (Lipinski definition) is 3. The number of benzene rings is 2. The lowest BCUT2D eigenvalue weighted by atomic mass is 10.1. The van der Waals surface area contributed by atoms with E-state index in [1.54, 1.807) is 14.2 Å². The van der Waals surface area contributed by atoms with Crippen LogP contribution in [0, 0.1) is 0 Å². The van der Waals surface area contributed by atoms with E-state index in [1.807, 2.05) is 62.7 Å². The van der Waals surface area contributed by atoms with E-state index in [0.29, 0.717) is 0 Å². The molecule has 0 aromatic heterocycles. The molecule has 0 aliphatic rings. The van der Waals surface area contributed by atoms with Crippen LogP contribution in [0.25, 0.3) is 12.2 Å². The fourth-order valence-electron chi connectivity index (χ4n) is 2.31. The van der Waals surface area contributed by atoms with Gasteiger partial charge in [0.05, 0.1) is 14.2 Å². The predicted octanol–water partition coefficient (Wildman–Crippen LogP) is 5.05.